The van der Waals surface area contributed by atoms with E-state index in [2.05, 4.69) is 10.4 Å². The lowest BCUT2D eigenvalue weighted by atomic mass is 10.0. The van der Waals surface area contributed by atoms with Crippen molar-refractivity contribution in [1.82, 2.24) is 14.7 Å². The van der Waals surface area contributed by atoms with E-state index < -0.39 is 23.3 Å². The molecule has 0 spiro atoms. The predicted octanol–water partition coefficient (Wildman–Crippen LogP) is 1.43. The number of benzene rings is 1. The first-order valence-electron chi connectivity index (χ1n) is 9.95. The maximum atomic E-state index is 13.2. The molecule has 2 atom stereocenters. The molecule has 0 amide bonds. The maximum Gasteiger partial charge on any atom is 0.416 e. The van der Waals surface area contributed by atoms with Crippen LogP contribution >= 0.6 is 0 Å². The molecule has 0 saturated carbocycles. The average Bonchev–Trinajstić information content (AvgIpc) is 3.14. The third-order valence-electron chi connectivity index (χ3n) is 5.36. The normalized spacial score (nSPS) is 18.1. The van der Waals surface area contributed by atoms with E-state index >= 15 is 0 Å². The van der Waals surface area contributed by atoms with Gasteiger partial charge in [-0.05, 0) is 43.2 Å². The molecule has 1 aromatic carbocycles. The number of aromatic nitrogens is 2. The largest absolute Gasteiger partial charge is 0.416 e. The van der Waals surface area contributed by atoms with Crippen molar-refractivity contribution in [3.8, 4) is 0 Å². The smallest absolute Gasteiger partial charge is 0.399 e. The van der Waals surface area contributed by atoms with E-state index in [1.54, 1.807) is 6.92 Å². The van der Waals surface area contributed by atoms with Gasteiger partial charge in [-0.15, -0.1) is 0 Å². The van der Waals surface area contributed by atoms with Crippen LogP contribution in [0.4, 0.5) is 30.4 Å². The van der Waals surface area contributed by atoms with Crippen molar-refractivity contribution in [2.75, 3.05) is 29.9 Å². The summed E-state index contributed by atoms with van der Waals surface area (Å²) < 4.78 is 40.6. The Hall–Kier alpha value is -3.41. The topological polar surface area (TPSA) is 154 Å². The number of hydrogen-bond acceptors (Lipinski definition) is 8. The first-order valence-corrected chi connectivity index (χ1v) is 9.95. The molecule has 2 heterocycles. The molecule has 0 aliphatic carbocycles. The highest BCUT2D eigenvalue weighted by Gasteiger charge is 2.31. The van der Waals surface area contributed by atoms with Crippen molar-refractivity contribution in [2.24, 2.45) is 18.5 Å². The molecule has 2 aromatic rings. The van der Waals surface area contributed by atoms with Crippen LogP contribution in [-0.4, -0.2) is 33.8 Å². The average molecular weight is 452 g/mol. The minimum atomic E-state index is -4.54. The van der Waals surface area contributed by atoms with Crippen molar-refractivity contribution >= 4 is 23.3 Å². The quantitative estimate of drug-likeness (QED) is 0.427. The summed E-state index contributed by atoms with van der Waals surface area (Å²) in [7, 11) is 1.42. The van der Waals surface area contributed by atoms with Crippen LogP contribution < -0.4 is 33.8 Å². The summed E-state index contributed by atoms with van der Waals surface area (Å²) in [5.41, 5.74) is 22.9. The number of rotatable bonds is 5. The highest BCUT2D eigenvalue weighted by molar-refractivity contribution is 5.74. The number of likely N-dealkylation sites (tertiary alicyclic amines) is 1. The van der Waals surface area contributed by atoms with Crippen molar-refractivity contribution in [1.29, 1.82) is 0 Å². The Morgan fingerprint density at radius 3 is 2.59 bits per heavy atom. The summed E-state index contributed by atoms with van der Waals surface area (Å²) in [5.74, 6) is 0.554. The highest BCUT2D eigenvalue weighted by Crippen LogP contribution is 2.33. The number of hydrogen-bond donors (Lipinski definition) is 5. The Morgan fingerprint density at radius 1 is 1.31 bits per heavy atom. The Labute approximate surface area is 182 Å². The summed E-state index contributed by atoms with van der Waals surface area (Å²) in [5, 5.41) is 7.23. The van der Waals surface area contributed by atoms with E-state index in [4.69, 9.17) is 22.9 Å². The van der Waals surface area contributed by atoms with Gasteiger partial charge in [0.05, 0.1) is 23.0 Å². The summed E-state index contributed by atoms with van der Waals surface area (Å²) in [4.78, 5) is 14.2. The highest BCUT2D eigenvalue weighted by atomic mass is 19.4. The number of nitrogens with zero attached hydrogens (tertiary/aromatic N) is 3. The molecule has 32 heavy (non-hydrogen) atoms. The predicted molar refractivity (Wildman–Crippen MR) is 118 cm³/mol. The van der Waals surface area contributed by atoms with Gasteiger partial charge in [-0.2, -0.15) is 18.3 Å². The Balaban J connectivity index is 2.00. The van der Waals surface area contributed by atoms with Crippen LogP contribution in [0.15, 0.2) is 28.8 Å². The van der Waals surface area contributed by atoms with Gasteiger partial charge in [0.25, 0.3) is 5.56 Å². The standard InChI is InChI=1S/C20H27F3N8O/c1-10(11-5-12(20(21,22)23)7-14(25)6-11)28-18-15(17(27)19(32)30(2)29-18)8-16(26)31-4-3-13(24)9-31/h5-8,10,13H,3-4,9,24-27H2,1-2H3,(H,28,29)/b16-8+/t10-,13?/m1/s1. The van der Waals surface area contributed by atoms with Gasteiger partial charge in [0.15, 0.2) is 5.82 Å². The van der Waals surface area contributed by atoms with Gasteiger partial charge in [0.1, 0.15) is 5.69 Å². The molecule has 1 aliphatic rings. The molecule has 9 N–H and O–H groups in total. The lowest BCUT2D eigenvalue weighted by Crippen LogP contribution is -2.30. The van der Waals surface area contributed by atoms with Crippen LogP contribution in [0.25, 0.3) is 6.08 Å². The number of nitrogens with one attached hydrogen (secondary N) is 1. The van der Waals surface area contributed by atoms with Crippen molar-refractivity contribution in [3.05, 3.63) is 51.1 Å². The van der Waals surface area contributed by atoms with Crippen LogP contribution in [0.2, 0.25) is 0 Å². The fourth-order valence-corrected chi connectivity index (χ4v) is 3.56. The molecule has 1 fully saturated rings. The van der Waals surface area contributed by atoms with E-state index in [1.807, 2.05) is 4.90 Å². The lowest BCUT2D eigenvalue weighted by Gasteiger charge is -2.21. The van der Waals surface area contributed by atoms with E-state index in [9.17, 15) is 18.0 Å². The van der Waals surface area contributed by atoms with Crippen molar-refractivity contribution in [2.45, 2.75) is 31.6 Å². The van der Waals surface area contributed by atoms with Gasteiger partial charge >= 0.3 is 6.18 Å². The van der Waals surface area contributed by atoms with Crippen LogP contribution in [0.1, 0.15) is 36.1 Å². The number of nitrogen functional groups attached to an aromatic ring is 2. The number of nitrogens with two attached hydrogens (primary N) is 4. The summed E-state index contributed by atoms with van der Waals surface area (Å²) in [6.45, 7) is 2.86. The van der Waals surface area contributed by atoms with Crippen LogP contribution in [0.3, 0.4) is 0 Å². The molecular formula is C20H27F3N8O. The second-order valence-corrected chi connectivity index (χ2v) is 7.92. The van der Waals surface area contributed by atoms with Crippen molar-refractivity contribution in [3.63, 3.8) is 0 Å². The Bertz CT molecular complexity index is 1100. The van der Waals surface area contributed by atoms with Gasteiger partial charge in [-0.1, -0.05) is 0 Å². The fourth-order valence-electron chi connectivity index (χ4n) is 3.56. The minimum absolute atomic E-state index is 0.00921. The van der Waals surface area contributed by atoms with Gasteiger partial charge in [0, 0.05) is 31.9 Å². The first kappa shape index (κ1) is 23.3. The zero-order valence-electron chi connectivity index (χ0n) is 17.8. The molecule has 1 aromatic heterocycles. The summed E-state index contributed by atoms with van der Waals surface area (Å²) in [6, 6.07) is 2.67. The first-order chi connectivity index (χ1) is 14.9. The van der Waals surface area contributed by atoms with Gasteiger partial charge < -0.3 is 33.2 Å². The summed E-state index contributed by atoms with van der Waals surface area (Å²) >= 11 is 0. The molecule has 3 rings (SSSR count). The lowest BCUT2D eigenvalue weighted by molar-refractivity contribution is -0.137. The molecule has 12 heteroatoms. The second kappa shape index (κ2) is 8.61. The Morgan fingerprint density at radius 2 is 2.00 bits per heavy atom. The molecule has 1 aliphatic heterocycles. The molecule has 0 radical (unpaired) electrons. The van der Waals surface area contributed by atoms with E-state index in [-0.39, 0.29) is 28.8 Å². The Kier molecular flexibility index (Phi) is 6.26. The van der Waals surface area contributed by atoms with Gasteiger partial charge in [-0.3, -0.25) is 4.79 Å². The fraction of sp³-hybridized carbons (Fsp3) is 0.400. The number of alkyl halides is 3. The zero-order chi connectivity index (χ0) is 23.8. The molecule has 174 valence electrons. The molecule has 1 unspecified atom stereocenters. The van der Waals surface area contributed by atoms with E-state index in [1.165, 1.54) is 19.2 Å². The second-order valence-electron chi connectivity index (χ2n) is 7.92. The van der Waals surface area contributed by atoms with E-state index in [0.29, 0.717) is 24.5 Å². The van der Waals surface area contributed by atoms with Crippen LogP contribution in [-0.2, 0) is 13.2 Å². The third kappa shape index (κ3) is 4.90. The van der Waals surface area contributed by atoms with Crippen LogP contribution in [0, 0.1) is 0 Å². The number of halogens is 3. The maximum absolute atomic E-state index is 13.2. The molecular weight excluding hydrogens is 425 g/mol. The SMILES string of the molecule is C[C@@H](Nc1nn(C)c(=O)c(N)c1/C=C(\N)N1CCC(N)C1)c1cc(N)cc(C(F)(F)F)c1. The summed E-state index contributed by atoms with van der Waals surface area (Å²) in [6.07, 6.45) is -2.24. The van der Waals surface area contributed by atoms with Gasteiger partial charge in [0.2, 0.25) is 0 Å². The molecule has 1 saturated heterocycles. The third-order valence-corrected chi connectivity index (χ3v) is 5.36. The van der Waals surface area contributed by atoms with E-state index in [0.717, 1.165) is 23.2 Å². The van der Waals surface area contributed by atoms with Crippen LogP contribution in [0.5, 0.6) is 0 Å². The molecule has 0 bridgehead atoms. The molecule has 9 nitrogen and oxygen atoms in total. The number of anilines is 3. The van der Waals surface area contributed by atoms with Crippen molar-refractivity contribution < 1.29 is 13.2 Å². The zero-order valence-corrected chi connectivity index (χ0v) is 17.8. The number of aryl methyl sites for hydroxylation is 1. The monoisotopic (exact) mass is 452 g/mol. The minimum Gasteiger partial charge on any atom is -0.399 e. The van der Waals surface area contributed by atoms with Gasteiger partial charge in [-0.25, -0.2) is 4.68 Å².